The number of aryl methyl sites for hydroxylation is 2. The number of hydrogen-bond donors (Lipinski definition) is 1. The molecule has 30 heavy (non-hydrogen) atoms. The molecule has 0 bridgehead atoms. The van der Waals surface area contributed by atoms with E-state index in [2.05, 4.69) is 4.98 Å². The Balaban J connectivity index is 1.40. The number of rotatable bonds is 3. The molecule has 1 aliphatic rings. The van der Waals surface area contributed by atoms with Crippen LogP contribution in [0.4, 0.5) is 0 Å². The summed E-state index contributed by atoms with van der Waals surface area (Å²) in [5.41, 5.74) is 3.66. The summed E-state index contributed by atoms with van der Waals surface area (Å²) in [6.45, 7) is 5.84. The number of H-pyrrole nitrogens is 1. The molecule has 1 aromatic heterocycles. The van der Waals surface area contributed by atoms with Crippen molar-refractivity contribution in [2.45, 2.75) is 13.8 Å². The Labute approximate surface area is 174 Å². The maximum atomic E-state index is 12.9. The molecule has 0 aliphatic carbocycles. The molecule has 154 valence electrons. The largest absolute Gasteiger partial charge is 0.335 e. The predicted molar refractivity (Wildman–Crippen MR) is 114 cm³/mol. The second kappa shape index (κ2) is 8.02. The lowest BCUT2D eigenvalue weighted by atomic mass is 10.1. The first kappa shape index (κ1) is 19.7. The maximum absolute atomic E-state index is 12.9. The fourth-order valence-corrected chi connectivity index (χ4v) is 3.70. The highest BCUT2D eigenvalue weighted by atomic mass is 16.2. The molecule has 0 spiro atoms. The van der Waals surface area contributed by atoms with Gasteiger partial charge in [-0.3, -0.25) is 14.2 Å². The Morgan fingerprint density at radius 3 is 1.67 bits per heavy atom. The van der Waals surface area contributed by atoms with Gasteiger partial charge in [0.2, 0.25) is 0 Å². The zero-order valence-corrected chi connectivity index (χ0v) is 17.1. The Bertz CT molecular complexity index is 1120. The summed E-state index contributed by atoms with van der Waals surface area (Å²) in [6.07, 6.45) is 1.65. The van der Waals surface area contributed by atoms with Crippen LogP contribution in [0.1, 0.15) is 32.0 Å². The summed E-state index contributed by atoms with van der Waals surface area (Å²) in [4.78, 5) is 43.6. The second-order valence-electron chi connectivity index (χ2n) is 7.57. The number of aromatic nitrogens is 2. The van der Waals surface area contributed by atoms with E-state index in [1.165, 1.54) is 0 Å². The summed E-state index contributed by atoms with van der Waals surface area (Å²) in [5.74, 6) is -0.0686. The standard InChI is InChI=1S/C23H24N4O3/c1-16-3-5-18(6-4-16)21(28)25-11-13-26(14-12-25)22(29)19-7-9-20(10-8-19)27-17(2)15-24-23(27)30/h3-10,15H,11-14H2,1-2H3,(H,24,30). The van der Waals surface area contributed by atoms with Gasteiger partial charge in [0, 0.05) is 49.2 Å². The normalized spacial score (nSPS) is 14.1. The van der Waals surface area contributed by atoms with Crippen molar-refractivity contribution in [2.24, 2.45) is 0 Å². The van der Waals surface area contributed by atoms with Crippen LogP contribution in [0.3, 0.4) is 0 Å². The van der Waals surface area contributed by atoms with Gasteiger partial charge in [0.05, 0.1) is 5.69 Å². The minimum atomic E-state index is -0.207. The van der Waals surface area contributed by atoms with Crippen molar-refractivity contribution in [2.75, 3.05) is 26.2 Å². The van der Waals surface area contributed by atoms with Crippen molar-refractivity contribution in [3.05, 3.63) is 87.6 Å². The van der Waals surface area contributed by atoms with E-state index in [9.17, 15) is 14.4 Å². The molecular formula is C23H24N4O3. The van der Waals surface area contributed by atoms with E-state index in [-0.39, 0.29) is 17.5 Å². The average molecular weight is 404 g/mol. The Kier molecular flexibility index (Phi) is 5.27. The fraction of sp³-hybridized carbons (Fsp3) is 0.261. The quantitative estimate of drug-likeness (QED) is 0.728. The van der Waals surface area contributed by atoms with Gasteiger partial charge in [-0.05, 0) is 50.2 Å². The Hall–Kier alpha value is -3.61. The van der Waals surface area contributed by atoms with Gasteiger partial charge in [0.15, 0.2) is 0 Å². The first-order chi connectivity index (χ1) is 14.4. The lowest BCUT2D eigenvalue weighted by Crippen LogP contribution is -2.50. The zero-order chi connectivity index (χ0) is 21.3. The van der Waals surface area contributed by atoms with Gasteiger partial charge in [-0.2, -0.15) is 0 Å². The van der Waals surface area contributed by atoms with Crippen LogP contribution in [0.25, 0.3) is 5.69 Å². The van der Waals surface area contributed by atoms with E-state index >= 15 is 0 Å². The molecule has 1 aliphatic heterocycles. The van der Waals surface area contributed by atoms with E-state index in [4.69, 9.17) is 0 Å². The summed E-state index contributed by atoms with van der Waals surface area (Å²) in [5, 5.41) is 0. The SMILES string of the molecule is Cc1ccc(C(=O)N2CCN(C(=O)c3ccc(-n4c(C)c[nH]c4=O)cc3)CC2)cc1. The highest BCUT2D eigenvalue weighted by Gasteiger charge is 2.25. The number of amides is 2. The molecular weight excluding hydrogens is 380 g/mol. The summed E-state index contributed by atoms with van der Waals surface area (Å²) in [7, 11) is 0. The zero-order valence-electron chi connectivity index (χ0n) is 17.1. The summed E-state index contributed by atoms with van der Waals surface area (Å²) >= 11 is 0. The van der Waals surface area contributed by atoms with Gasteiger partial charge in [-0.1, -0.05) is 17.7 Å². The maximum Gasteiger partial charge on any atom is 0.330 e. The minimum Gasteiger partial charge on any atom is -0.335 e. The average Bonchev–Trinajstić information content (AvgIpc) is 3.11. The molecule has 2 amide bonds. The number of aromatic amines is 1. The number of nitrogens with one attached hydrogen (secondary N) is 1. The molecule has 0 radical (unpaired) electrons. The van der Waals surface area contributed by atoms with Crippen molar-refractivity contribution in [3.63, 3.8) is 0 Å². The number of nitrogens with zero attached hydrogens (tertiary/aromatic N) is 3. The van der Waals surface area contributed by atoms with Crippen LogP contribution in [0.15, 0.2) is 59.5 Å². The van der Waals surface area contributed by atoms with Crippen LogP contribution in [0, 0.1) is 13.8 Å². The van der Waals surface area contributed by atoms with Gasteiger partial charge >= 0.3 is 5.69 Å². The minimum absolute atomic E-state index is 0.00114. The fourth-order valence-electron chi connectivity index (χ4n) is 3.70. The first-order valence-electron chi connectivity index (χ1n) is 9.97. The highest BCUT2D eigenvalue weighted by molar-refractivity contribution is 5.96. The third-order valence-electron chi connectivity index (χ3n) is 5.49. The van der Waals surface area contributed by atoms with Crippen molar-refractivity contribution in [3.8, 4) is 5.69 Å². The van der Waals surface area contributed by atoms with Crippen LogP contribution < -0.4 is 5.69 Å². The number of hydrogen-bond acceptors (Lipinski definition) is 3. The molecule has 3 aromatic rings. The van der Waals surface area contributed by atoms with Crippen molar-refractivity contribution < 1.29 is 9.59 Å². The molecule has 7 nitrogen and oxygen atoms in total. The lowest BCUT2D eigenvalue weighted by Gasteiger charge is -2.35. The number of carbonyl (C=O) groups is 2. The third-order valence-corrected chi connectivity index (χ3v) is 5.49. The third kappa shape index (κ3) is 3.78. The van der Waals surface area contributed by atoms with E-state index in [0.717, 1.165) is 11.3 Å². The van der Waals surface area contributed by atoms with Crippen LogP contribution in [-0.4, -0.2) is 57.3 Å². The molecule has 0 unspecified atom stereocenters. The number of carbonyl (C=O) groups excluding carboxylic acids is 2. The van der Waals surface area contributed by atoms with Gasteiger partial charge in [0.1, 0.15) is 0 Å². The lowest BCUT2D eigenvalue weighted by molar-refractivity contribution is 0.0535. The first-order valence-corrected chi connectivity index (χ1v) is 9.97. The topological polar surface area (TPSA) is 78.4 Å². The summed E-state index contributed by atoms with van der Waals surface area (Å²) < 4.78 is 1.56. The smallest absolute Gasteiger partial charge is 0.330 e. The van der Waals surface area contributed by atoms with Gasteiger partial charge in [-0.25, -0.2) is 4.79 Å². The predicted octanol–water partition coefficient (Wildman–Crippen LogP) is 2.38. The Morgan fingerprint density at radius 1 is 0.767 bits per heavy atom. The Morgan fingerprint density at radius 2 is 1.23 bits per heavy atom. The number of benzene rings is 2. The van der Waals surface area contributed by atoms with E-state index in [1.54, 1.807) is 44.8 Å². The molecule has 2 heterocycles. The van der Waals surface area contributed by atoms with Crippen LogP contribution in [0.2, 0.25) is 0 Å². The second-order valence-corrected chi connectivity index (χ2v) is 7.57. The monoisotopic (exact) mass is 404 g/mol. The van der Waals surface area contributed by atoms with E-state index in [1.807, 2.05) is 38.1 Å². The molecule has 7 heteroatoms. The van der Waals surface area contributed by atoms with Gasteiger partial charge < -0.3 is 14.8 Å². The number of imidazole rings is 1. The van der Waals surface area contributed by atoms with Crippen LogP contribution >= 0.6 is 0 Å². The van der Waals surface area contributed by atoms with E-state index in [0.29, 0.717) is 43.0 Å². The summed E-state index contributed by atoms with van der Waals surface area (Å²) in [6, 6.07) is 14.6. The van der Waals surface area contributed by atoms with Crippen molar-refractivity contribution in [1.29, 1.82) is 0 Å². The molecule has 1 fully saturated rings. The van der Waals surface area contributed by atoms with Crippen LogP contribution in [-0.2, 0) is 0 Å². The molecule has 1 N–H and O–H groups in total. The van der Waals surface area contributed by atoms with Crippen LogP contribution in [0.5, 0.6) is 0 Å². The van der Waals surface area contributed by atoms with Gasteiger partial charge in [0.25, 0.3) is 11.8 Å². The molecule has 0 saturated carbocycles. The van der Waals surface area contributed by atoms with Gasteiger partial charge in [-0.15, -0.1) is 0 Å². The molecule has 4 rings (SSSR count). The van der Waals surface area contributed by atoms with Crippen molar-refractivity contribution in [1.82, 2.24) is 19.4 Å². The van der Waals surface area contributed by atoms with E-state index < -0.39 is 0 Å². The molecule has 2 aromatic carbocycles. The molecule has 1 saturated heterocycles. The highest BCUT2D eigenvalue weighted by Crippen LogP contribution is 2.15. The van der Waals surface area contributed by atoms with Crippen molar-refractivity contribution >= 4 is 11.8 Å². The number of piperazine rings is 1. The molecule has 0 atom stereocenters.